The molecule has 14 heavy (non-hydrogen) atoms. The van der Waals surface area contributed by atoms with Crippen LogP contribution in [0.5, 0.6) is 0 Å². The molecule has 3 nitrogen and oxygen atoms in total. The Bertz CT molecular complexity index is 313. The minimum atomic E-state index is -1.78. The molecule has 0 aliphatic heterocycles. The second-order valence-corrected chi connectivity index (χ2v) is 6.12. The smallest absolute Gasteiger partial charge is 0.153 e. The Balaban J connectivity index is 2.39. The van der Waals surface area contributed by atoms with E-state index in [9.17, 15) is 4.21 Å². The number of fused-ring (bicyclic) bond motifs is 2. The molecule has 2 aliphatic rings. The highest BCUT2D eigenvalue weighted by atomic mass is 32.2. The van der Waals surface area contributed by atoms with Gasteiger partial charge in [0.15, 0.2) is 11.1 Å². The average molecular weight is 215 g/mol. The summed E-state index contributed by atoms with van der Waals surface area (Å²) in [5.41, 5.74) is 0.473. The Morgan fingerprint density at radius 3 is 2.64 bits per heavy atom. The Kier molecular flexibility index (Phi) is 2.13. The third-order valence-corrected chi connectivity index (χ3v) is 5.31. The molecule has 4 heteroatoms. The molecule has 3 unspecified atom stereocenters. The summed E-state index contributed by atoms with van der Waals surface area (Å²) in [7, 11) is 0. The van der Waals surface area contributed by atoms with Crippen molar-refractivity contribution in [3.05, 3.63) is 0 Å². The van der Waals surface area contributed by atoms with Gasteiger partial charge in [-0.1, -0.05) is 13.8 Å². The summed E-state index contributed by atoms with van der Waals surface area (Å²) in [6, 6.07) is 0. The van der Waals surface area contributed by atoms with Gasteiger partial charge in [-0.15, -0.1) is 0 Å². The largest absolute Gasteiger partial charge is 0.309 e. The number of nitrogens with one attached hydrogen (secondary N) is 1. The van der Waals surface area contributed by atoms with Crippen LogP contribution in [-0.4, -0.2) is 20.2 Å². The molecule has 0 saturated heterocycles. The zero-order valence-corrected chi connectivity index (χ0v) is 9.49. The van der Waals surface area contributed by atoms with E-state index in [0.29, 0.717) is 11.6 Å². The lowest BCUT2D eigenvalue weighted by atomic mass is 9.70. The molecule has 0 spiro atoms. The van der Waals surface area contributed by atoms with Crippen LogP contribution in [0.1, 0.15) is 33.1 Å². The van der Waals surface area contributed by atoms with Crippen molar-refractivity contribution in [3.63, 3.8) is 0 Å². The van der Waals surface area contributed by atoms with Gasteiger partial charge in [-0.05, 0) is 30.6 Å². The highest BCUT2D eigenvalue weighted by molar-refractivity contribution is 7.79. The predicted octanol–water partition coefficient (Wildman–Crippen LogP) is 2.05. The van der Waals surface area contributed by atoms with Crippen LogP contribution in [0.2, 0.25) is 0 Å². The molecule has 2 N–H and O–H groups in total. The summed E-state index contributed by atoms with van der Waals surface area (Å²) in [5.74, 6) is 0.813. The van der Waals surface area contributed by atoms with E-state index in [2.05, 4.69) is 13.8 Å². The van der Waals surface area contributed by atoms with Crippen molar-refractivity contribution in [3.8, 4) is 0 Å². The highest BCUT2D eigenvalue weighted by Crippen LogP contribution is 2.64. The van der Waals surface area contributed by atoms with Crippen LogP contribution >= 0.6 is 0 Å². The topological polar surface area (TPSA) is 61.1 Å². The molecule has 0 radical (unpaired) electrons. The van der Waals surface area contributed by atoms with Gasteiger partial charge in [0.25, 0.3) is 0 Å². The third-order valence-electron chi connectivity index (χ3n) is 4.57. The fourth-order valence-electron chi connectivity index (χ4n) is 3.39. The Hall–Kier alpha value is -0.220. The molecule has 80 valence electrons. The van der Waals surface area contributed by atoms with Gasteiger partial charge in [0.05, 0.1) is 5.75 Å². The van der Waals surface area contributed by atoms with Gasteiger partial charge < -0.3 is 9.96 Å². The third kappa shape index (κ3) is 1.07. The molecule has 2 aliphatic carbocycles. The van der Waals surface area contributed by atoms with Crippen molar-refractivity contribution in [1.29, 1.82) is 5.41 Å². The lowest BCUT2D eigenvalue weighted by Crippen LogP contribution is -2.40. The van der Waals surface area contributed by atoms with Crippen molar-refractivity contribution in [2.75, 3.05) is 5.75 Å². The first-order valence-electron chi connectivity index (χ1n) is 5.05. The quantitative estimate of drug-likeness (QED) is 0.692. The van der Waals surface area contributed by atoms with Crippen LogP contribution in [0.3, 0.4) is 0 Å². The second kappa shape index (κ2) is 2.89. The van der Waals surface area contributed by atoms with Gasteiger partial charge in [0.2, 0.25) is 0 Å². The van der Waals surface area contributed by atoms with Crippen LogP contribution in [-0.2, 0) is 11.1 Å². The monoisotopic (exact) mass is 215 g/mol. The van der Waals surface area contributed by atoms with Gasteiger partial charge in [-0.3, -0.25) is 0 Å². The molecular formula is C10H17NO2S. The Morgan fingerprint density at radius 1 is 1.64 bits per heavy atom. The molecule has 0 aromatic heterocycles. The van der Waals surface area contributed by atoms with E-state index in [1.807, 2.05) is 0 Å². The fraction of sp³-hybridized carbons (Fsp3) is 0.900. The Labute approximate surface area is 87.1 Å². The maximum Gasteiger partial charge on any atom is 0.153 e. The zero-order chi connectivity index (χ0) is 10.6. The molecule has 2 bridgehead atoms. The van der Waals surface area contributed by atoms with Gasteiger partial charge in [0, 0.05) is 11.1 Å². The normalized spacial score (nSPS) is 41.6. The molecule has 0 amide bonds. The van der Waals surface area contributed by atoms with Gasteiger partial charge in [0.1, 0.15) is 0 Å². The fourth-order valence-corrected chi connectivity index (χ4v) is 4.50. The number of hydrogen-bond donors (Lipinski definition) is 2. The minimum absolute atomic E-state index is 0.0441. The lowest BCUT2D eigenvalue weighted by molar-refractivity contribution is 0.195. The standard InChI is InChI=1S/C10H17NO2S/c1-9(2)7-3-4-10(9,6-14(12)13)8(11)5-7/h7,11H,3-6H2,1-2H3,(H,12,13). The second-order valence-electron chi connectivity index (χ2n) is 5.19. The van der Waals surface area contributed by atoms with Crippen LogP contribution in [0.25, 0.3) is 0 Å². The molecule has 0 aromatic carbocycles. The summed E-state index contributed by atoms with van der Waals surface area (Å²) < 4.78 is 20.0. The zero-order valence-electron chi connectivity index (χ0n) is 8.67. The van der Waals surface area contributed by atoms with Crippen molar-refractivity contribution >= 4 is 16.8 Å². The number of rotatable bonds is 2. The molecular weight excluding hydrogens is 198 g/mol. The Morgan fingerprint density at radius 2 is 2.29 bits per heavy atom. The SMILES string of the molecule is CC1(C)C2CCC1(CS(=O)O)C(=N)C2. The van der Waals surface area contributed by atoms with E-state index < -0.39 is 11.1 Å². The lowest BCUT2D eigenvalue weighted by Gasteiger charge is -2.36. The van der Waals surface area contributed by atoms with E-state index in [0.717, 1.165) is 19.3 Å². The van der Waals surface area contributed by atoms with Crippen LogP contribution < -0.4 is 0 Å². The van der Waals surface area contributed by atoms with E-state index >= 15 is 0 Å². The van der Waals surface area contributed by atoms with Crippen molar-refractivity contribution in [2.24, 2.45) is 16.7 Å². The van der Waals surface area contributed by atoms with Crippen molar-refractivity contribution < 1.29 is 8.76 Å². The molecule has 2 rings (SSSR count). The van der Waals surface area contributed by atoms with E-state index in [1.54, 1.807) is 0 Å². The molecule has 0 aromatic rings. The van der Waals surface area contributed by atoms with E-state index in [-0.39, 0.29) is 16.6 Å². The first-order chi connectivity index (χ1) is 6.40. The van der Waals surface area contributed by atoms with Crippen LogP contribution in [0.15, 0.2) is 0 Å². The first-order valence-corrected chi connectivity index (χ1v) is 6.33. The van der Waals surface area contributed by atoms with Crippen LogP contribution in [0.4, 0.5) is 0 Å². The summed E-state index contributed by atoms with van der Waals surface area (Å²) in [5, 5.41) is 7.99. The predicted molar refractivity (Wildman–Crippen MR) is 56.9 cm³/mol. The van der Waals surface area contributed by atoms with Gasteiger partial charge in [-0.25, -0.2) is 4.21 Å². The van der Waals surface area contributed by atoms with Crippen molar-refractivity contribution in [2.45, 2.75) is 33.1 Å². The van der Waals surface area contributed by atoms with Gasteiger partial charge in [-0.2, -0.15) is 0 Å². The van der Waals surface area contributed by atoms with E-state index in [1.165, 1.54) is 0 Å². The van der Waals surface area contributed by atoms with Crippen molar-refractivity contribution in [1.82, 2.24) is 0 Å². The van der Waals surface area contributed by atoms with E-state index in [4.69, 9.17) is 9.96 Å². The molecule has 2 fully saturated rings. The molecule has 2 saturated carbocycles. The summed E-state index contributed by atoms with van der Waals surface area (Å²) in [6.45, 7) is 4.30. The summed E-state index contributed by atoms with van der Waals surface area (Å²) in [6.07, 6.45) is 2.88. The highest BCUT2D eigenvalue weighted by Gasteiger charge is 2.62. The molecule has 0 heterocycles. The molecule has 3 atom stereocenters. The van der Waals surface area contributed by atoms with Crippen LogP contribution in [0, 0.1) is 22.2 Å². The maximum absolute atomic E-state index is 11.0. The minimum Gasteiger partial charge on any atom is -0.309 e. The first kappa shape index (κ1) is 10.3. The summed E-state index contributed by atoms with van der Waals surface area (Å²) in [4.78, 5) is 0. The maximum atomic E-state index is 11.0. The van der Waals surface area contributed by atoms with Gasteiger partial charge >= 0.3 is 0 Å². The number of hydrogen-bond acceptors (Lipinski definition) is 2. The summed E-state index contributed by atoms with van der Waals surface area (Å²) >= 11 is -1.78. The average Bonchev–Trinajstić information content (AvgIpc) is 2.36.